The molecule has 4 aromatic rings. The van der Waals surface area contributed by atoms with Crippen LogP contribution in [0.2, 0.25) is 0 Å². The van der Waals surface area contributed by atoms with Crippen LogP contribution in [0.3, 0.4) is 0 Å². The summed E-state index contributed by atoms with van der Waals surface area (Å²) >= 11 is 1.31. The summed E-state index contributed by atoms with van der Waals surface area (Å²) in [5.74, 6) is 0.960. The Morgan fingerprint density at radius 3 is 2.53 bits per heavy atom. The number of thioether (sulfide) groups is 1. The Balaban J connectivity index is 1.42. The monoisotopic (exact) mass is 419 g/mol. The standard InChI is InChI=1S/C22H21N5O2S/c1-15-3-5-16(6-4-15)13-23-21(28)14-30-22-25-24-20-12-11-19(26-27(20)22)17-7-9-18(29-2)10-8-17/h3-12H,13-14H2,1-2H3,(H,23,28). The number of hydrogen-bond donors (Lipinski definition) is 1. The molecule has 4 rings (SSSR count). The average Bonchev–Trinajstić information content (AvgIpc) is 3.19. The Morgan fingerprint density at radius 1 is 1.03 bits per heavy atom. The molecular formula is C22H21N5O2S. The zero-order valence-corrected chi connectivity index (χ0v) is 17.5. The molecular weight excluding hydrogens is 398 g/mol. The number of fused-ring (bicyclic) bond motifs is 1. The molecule has 0 unspecified atom stereocenters. The van der Waals surface area contributed by atoms with E-state index in [1.807, 2.05) is 67.6 Å². The number of nitrogens with zero attached hydrogens (tertiary/aromatic N) is 4. The van der Waals surface area contributed by atoms with Crippen molar-refractivity contribution >= 4 is 23.3 Å². The highest BCUT2D eigenvalue weighted by atomic mass is 32.2. The van der Waals surface area contributed by atoms with E-state index in [1.54, 1.807) is 11.6 Å². The molecule has 0 atom stereocenters. The van der Waals surface area contributed by atoms with Crippen LogP contribution in [0.15, 0.2) is 65.8 Å². The van der Waals surface area contributed by atoms with Gasteiger partial charge in [-0.05, 0) is 48.9 Å². The van der Waals surface area contributed by atoms with Gasteiger partial charge in [0.15, 0.2) is 5.65 Å². The first-order chi connectivity index (χ1) is 14.6. The summed E-state index contributed by atoms with van der Waals surface area (Å²) in [7, 11) is 1.64. The predicted octanol–water partition coefficient (Wildman–Crippen LogP) is 3.52. The second-order valence-electron chi connectivity index (χ2n) is 6.75. The first kappa shape index (κ1) is 19.9. The van der Waals surface area contributed by atoms with Gasteiger partial charge in [0, 0.05) is 12.1 Å². The average molecular weight is 420 g/mol. The Kier molecular flexibility index (Phi) is 5.94. The number of ether oxygens (including phenoxy) is 1. The summed E-state index contributed by atoms with van der Waals surface area (Å²) in [4.78, 5) is 12.2. The van der Waals surface area contributed by atoms with Crippen LogP contribution in [0, 0.1) is 6.92 Å². The van der Waals surface area contributed by atoms with Crippen LogP contribution in [-0.2, 0) is 11.3 Å². The Hall–Kier alpha value is -3.39. The molecule has 0 aliphatic heterocycles. The van der Waals surface area contributed by atoms with Crippen LogP contribution in [-0.4, -0.2) is 38.6 Å². The molecule has 0 aliphatic carbocycles. The van der Waals surface area contributed by atoms with Gasteiger partial charge in [0.1, 0.15) is 5.75 Å². The highest BCUT2D eigenvalue weighted by Gasteiger charge is 2.12. The van der Waals surface area contributed by atoms with Crippen molar-refractivity contribution in [3.05, 3.63) is 71.8 Å². The van der Waals surface area contributed by atoms with Crippen molar-refractivity contribution in [3.8, 4) is 17.0 Å². The van der Waals surface area contributed by atoms with E-state index in [0.717, 1.165) is 22.6 Å². The molecule has 0 aliphatic rings. The molecule has 0 bridgehead atoms. The highest BCUT2D eigenvalue weighted by Crippen LogP contribution is 2.22. The fourth-order valence-corrected chi connectivity index (χ4v) is 3.58. The number of aromatic nitrogens is 4. The molecule has 1 amide bonds. The zero-order chi connectivity index (χ0) is 20.9. The Morgan fingerprint density at radius 2 is 1.80 bits per heavy atom. The van der Waals surface area contributed by atoms with Crippen molar-refractivity contribution in [2.24, 2.45) is 0 Å². The number of methoxy groups -OCH3 is 1. The third-order valence-electron chi connectivity index (χ3n) is 4.56. The summed E-state index contributed by atoms with van der Waals surface area (Å²) in [5.41, 5.74) is 4.64. The second-order valence-corrected chi connectivity index (χ2v) is 7.69. The molecule has 1 N–H and O–H groups in total. The smallest absolute Gasteiger partial charge is 0.230 e. The lowest BCUT2D eigenvalue weighted by Gasteiger charge is -2.06. The van der Waals surface area contributed by atoms with Crippen LogP contribution in [0.5, 0.6) is 5.75 Å². The summed E-state index contributed by atoms with van der Waals surface area (Å²) in [6.45, 7) is 2.54. The van der Waals surface area contributed by atoms with E-state index in [9.17, 15) is 4.79 Å². The normalized spacial score (nSPS) is 10.9. The lowest BCUT2D eigenvalue weighted by Crippen LogP contribution is -2.24. The second kappa shape index (κ2) is 8.96. The van der Waals surface area contributed by atoms with Gasteiger partial charge in [-0.25, -0.2) is 0 Å². The van der Waals surface area contributed by atoms with Crippen LogP contribution >= 0.6 is 11.8 Å². The van der Waals surface area contributed by atoms with Gasteiger partial charge in [-0.2, -0.15) is 9.61 Å². The third kappa shape index (κ3) is 4.60. The molecule has 0 spiro atoms. The van der Waals surface area contributed by atoms with Crippen molar-refractivity contribution in [3.63, 3.8) is 0 Å². The number of carbonyl (C=O) groups excluding carboxylic acids is 1. The molecule has 7 nitrogen and oxygen atoms in total. The van der Waals surface area contributed by atoms with Crippen molar-refractivity contribution in [2.75, 3.05) is 12.9 Å². The molecule has 0 saturated carbocycles. The van der Waals surface area contributed by atoms with Gasteiger partial charge in [-0.15, -0.1) is 10.2 Å². The number of benzene rings is 2. The lowest BCUT2D eigenvalue weighted by atomic mass is 10.1. The van der Waals surface area contributed by atoms with Crippen LogP contribution in [0.25, 0.3) is 16.9 Å². The number of aryl methyl sites for hydroxylation is 1. The van der Waals surface area contributed by atoms with E-state index in [2.05, 4.69) is 20.6 Å². The Bertz CT molecular complexity index is 1160. The lowest BCUT2D eigenvalue weighted by molar-refractivity contribution is -0.118. The van der Waals surface area contributed by atoms with Crippen molar-refractivity contribution in [1.82, 2.24) is 25.1 Å². The minimum absolute atomic E-state index is 0.0661. The number of hydrogen-bond acceptors (Lipinski definition) is 6. The fourth-order valence-electron chi connectivity index (χ4n) is 2.86. The molecule has 0 fully saturated rings. The largest absolute Gasteiger partial charge is 0.497 e. The number of rotatable bonds is 7. The molecule has 2 aromatic heterocycles. The Labute approximate surface area is 178 Å². The van der Waals surface area contributed by atoms with Crippen LogP contribution < -0.4 is 10.1 Å². The van der Waals surface area contributed by atoms with Crippen molar-refractivity contribution < 1.29 is 9.53 Å². The van der Waals surface area contributed by atoms with E-state index in [1.165, 1.54) is 17.3 Å². The first-order valence-corrected chi connectivity index (χ1v) is 10.4. The highest BCUT2D eigenvalue weighted by molar-refractivity contribution is 7.99. The van der Waals surface area contributed by atoms with E-state index in [0.29, 0.717) is 17.3 Å². The minimum Gasteiger partial charge on any atom is -0.497 e. The molecule has 2 aromatic carbocycles. The maximum absolute atomic E-state index is 12.2. The zero-order valence-electron chi connectivity index (χ0n) is 16.7. The maximum atomic E-state index is 12.2. The summed E-state index contributed by atoms with van der Waals surface area (Å²) in [5, 5.41) is 16.5. The predicted molar refractivity (Wildman–Crippen MR) is 117 cm³/mol. The van der Waals surface area contributed by atoms with Crippen LogP contribution in [0.1, 0.15) is 11.1 Å². The molecule has 0 saturated heterocycles. The van der Waals surface area contributed by atoms with E-state index in [-0.39, 0.29) is 11.7 Å². The topological polar surface area (TPSA) is 81.4 Å². The quantitative estimate of drug-likeness (QED) is 0.462. The third-order valence-corrected chi connectivity index (χ3v) is 5.48. The van der Waals surface area contributed by atoms with Gasteiger partial charge in [0.2, 0.25) is 11.1 Å². The number of carbonyl (C=O) groups is 1. The van der Waals surface area contributed by atoms with Gasteiger partial charge in [-0.1, -0.05) is 41.6 Å². The van der Waals surface area contributed by atoms with E-state index in [4.69, 9.17) is 4.74 Å². The van der Waals surface area contributed by atoms with Gasteiger partial charge in [0.25, 0.3) is 0 Å². The van der Waals surface area contributed by atoms with Crippen molar-refractivity contribution in [1.29, 1.82) is 0 Å². The van der Waals surface area contributed by atoms with Crippen LogP contribution in [0.4, 0.5) is 0 Å². The van der Waals surface area contributed by atoms with Gasteiger partial charge < -0.3 is 10.1 Å². The summed E-state index contributed by atoms with van der Waals surface area (Å²) in [6.07, 6.45) is 0. The summed E-state index contributed by atoms with van der Waals surface area (Å²) < 4.78 is 6.87. The maximum Gasteiger partial charge on any atom is 0.230 e. The van der Waals surface area contributed by atoms with Gasteiger partial charge in [0.05, 0.1) is 18.6 Å². The fraction of sp³-hybridized carbons (Fsp3) is 0.182. The van der Waals surface area contributed by atoms with Crippen molar-refractivity contribution in [2.45, 2.75) is 18.6 Å². The molecule has 2 heterocycles. The molecule has 30 heavy (non-hydrogen) atoms. The SMILES string of the molecule is COc1ccc(-c2ccc3nnc(SCC(=O)NCc4ccc(C)cc4)n3n2)cc1. The molecule has 152 valence electrons. The van der Waals surface area contributed by atoms with E-state index >= 15 is 0 Å². The summed E-state index contributed by atoms with van der Waals surface area (Å²) in [6, 6.07) is 19.5. The first-order valence-electron chi connectivity index (χ1n) is 9.44. The number of amides is 1. The van der Waals surface area contributed by atoms with Gasteiger partial charge >= 0.3 is 0 Å². The minimum atomic E-state index is -0.0661. The van der Waals surface area contributed by atoms with E-state index < -0.39 is 0 Å². The molecule has 8 heteroatoms. The molecule has 0 radical (unpaired) electrons. The number of nitrogens with one attached hydrogen (secondary N) is 1. The van der Waals surface area contributed by atoms with Gasteiger partial charge in [-0.3, -0.25) is 4.79 Å².